The van der Waals surface area contributed by atoms with E-state index in [1.165, 1.54) is 14.0 Å². The van der Waals surface area contributed by atoms with E-state index in [1.807, 2.05) is 0 Å². The van der Waals surface area contributed by atoms with Crippen LogP contribution in [0.25, 0.3) is 0 Å². The fraction of sp³-hybridized carbons (Fsp3) is 0.625. The Morgan fingerprint density at radius 2 is 2.00 bits per heavy atom. The Morgan fingerprint density at radius 1 is 1.50 bits per heavy atom. The number of nitro groups is 1. The van der Waals surface area contributed by atoms with Gasteiger partial charge in [0.1, 0.15) is 0 Å². The molecular weight excluding hydrogens is 216 g/mol. The van der Waals surface area contributed by atoms with Gasteiger partial charge in [-0.05, 0) is 6.92 Å². The van der Waals surface area contributed by atoms with Crippen LogP contribution in [0.15, 0.2) is 0 Å². The first-order valence-electron chi connectivity index (χ1n) is 4.37. The van der Waals surface area contributed by atoms with Crippen LogP contribution in [0.1, 0.15) is 6.92 Å². The average Bonchev–Trinajstić information content (AvgIpc) is 2.23. The van der Waals surface area contributed by atoms with E-state index in [4.69, 9.17) is 5.26 Å². The summed E-state index contributed by atoms with van der Waals surface area (Å²) in [6.07, 6.45) is 0. The van der Waals surface area contributed by atoms with E-state index in [9.17, 15) is 19.7 Å². The zero-order valence-electron chi connectivity index (χ0n) is 9.00. The number of rotatable bonds is 1. The van der Waals surface area contributed by atoms with Crippen LogP contribution in [0.3, 0.4) is 0 Å². The summed E-state index contributed by atoms with van der Waals surface area (Å²) in [7, 11) is 2.40. The van der Waals surface area contributed by atoms with E-state index < -0.39 is 28.4 Å². The van der Waals surface area contributed by atoms with Gasteiger partial charge in [0.2, 0.25) is 5.54 Å². The van der Waals surface area contributed by atoms with Gasteiger partial charge in [-0.25, -0.2) is 4.79 Å². The van der Waals surface area contributed by atoms with E-state index >= 15 is 0 Å². The second kappa shape index (κ2) is 3.44. The fourth-order valence-corrected chi connectivity index (χ4v) is 1.56. The van der Waals surface area contributed by atoms with E-state index in [0.717, 1.165) is 11.9 Å². The van der Waals surface area contributed by atoms with Crippen molar-refractivity contribution >= 4 is 11.9 Å². The Morgan fingerprint density at radius 3 is 2.38 bits per heavy atom. The molecule has 0 aromatic rings. The second-order valence-electron chi connectivity index (χ2n) is 3.69. The highest BCUT2D eigenvalue weighted by Gasteiger charge is 2.59. The Labute approximate surface area is 91.2 Å². The standard InChI is InChI=1S/C8H10N4O4/c1-8(4-9)5(12(15)16)6(13)10(2)7(14)11(8)3/h5H,1-3H3. The lowest BCUT2D eigenvalue weighted by Gasteiger charge is -2.40. The molecule has 0 saturated carbocycles. The Hall–Kier alpha value is -2.17. The van der Waals surface area contributed by atoms with Gasteiger partial charge in [0.25, 0.3) is 0 Å². The molecule has 2 unspecified atom stereocenters. The quantitative estimate of drug-likeness (QED) is 0.439. The molecule has 0 spiro atoms. The highest BCUT2D eigenvalue weighted by atomic mass is 16.6. The Balaban J connectivity index is 3.35. The molecule has 1 saturated heterocycles. The summed E-state index contributed by atoms with van der Waals surface area (Å²) in [6.45, 7) is 1.20. The van der Waals surface area contributed by atoms with Gasteiger partial charge in [-0.15, -0.1) is 0 Å². The van der Waals surface area contributed by atoms with Crippen molar-refractivity contribution in [3.05, 3.63) is 10.1 Å². The van der Waals surface area contributed by atoms with Crippen LogP contribution < -0.4 is 0 Å². The molecule has 0 N–H and O–H groups in total. The number of carbonyl (C=O) groups is 2. The highest BCUT2D eigenvalue weighted by Crippen LogP contribution is 2.27. The molecule has 8 heteroatoms. The van der Waals surface area contributed by atoms with E-state index in [2.05, 4.69) is 0 Å². The van der Waals surface area contributed by atoms with Gasteiger partial charge in [-0.3, -0.25) is 19.8 Å². The largest absolute Gasteiger partial charge is 0.327 e. The first kappa shape index (κ1) is 11.9. The number of hydrogen-bond donors (Lipinski definition) is 0. The van der Waals surface area contributed by atoms with Crippen molar-refractivity contribution in [3.63, 3.8) is 0 Å². The van der Waals surface area contributed by atoms with Gasteiger partial charge >= 0.3 is 18.0 Å². The molecule has 0 aromatic carbocycles. The minimum atomic E-state index is -1.76. The first-order valence-corrected chi connectivity index (χ1v) is 4.37. The maximum atomic E-state index is 11.6. The van der Waals surface area contributed by atoms with E-state index in [0.29, 0.717) is 4.90 Å². The number of hydrogen-bond acceptors (Lipinski definition) is 5. The predicted molar refractivity (Wildman–Crippen MR) is 50.7 cm³/mol. The van der Waals surface area contributed by atoms with Crippen LogP contribution >= 0.6 is 0 Å². The van der Waals surface area contributed by atoms with Crippen LogP contribution in [0, 0.1) is 21.4 Å². The molecule has 0 aliphatic carbocycles. The monoisotopic (exact) mass is 226 g/mol. The van der Waals surface area contributed by atoms with E-state index in [1.54, 1.807) is 6.07 Å². The third-order valence-electron chi connectivity index (χ3n) is 2.80. The normalized spacial score (nSPS) is 30.2. The topological polar surface area (TPSA) is 108 Å². The summed E-state index contributed by atoms with van der Waals surface area (Å²) in [6, 6.07) is -0.830. The maximum absolute atomic E-state index is 11.6. The van der Waals surface area contributed by atoms with Gasteiger partial charge in [0.15, 0.2) is 0 Å². The maximum Gasteiger partial charge on any atom is 0.327 e. The zero-order valence-corrected chi connectivity index (χ0v) is 9.00. The Kier molecular flexibility index (Phi) is 2.56. The lowest BCUT2D eigenvalue weighted by molar-refractivity contribution is -0.521. The molecule has 1 rings (SSSR count). The molecule has 0 aromatic heterocycles. The molecular formula is C8H10N4O4. The number of nitrogens with zero attached hydrogens (tertiary/aromatic N) is 4. The number of nitriles is 1. The average molecular weight is 226 g/mol. The van der Waals surface area contributed by atoms with Crippen LogP contribution in [-0.2, 0) is 4.79 Å². The summed E-state index contributed by atoms with van der Waals surface area (Å²) < 4.78 is 0. The number of likely N-dealkylation sites (N-methyl/N-ethyl adjacent to an activating group) is 2. The first-order chi connectivity index (χ1) is 7.27. The van der Waals surface area contributed by atoms with Crippen molar-refractivity contribution < 1.29 is 14.5 Å². The van der Waals surface area contributed by atoms with Crippen molar-refractivity contribution in [2.45, 2.75) is 18.5 Å². The third-order valence-corrected chi connectivity index (χ3v) is 2.80. The van der Waals surface area contributed by atoms with Crippen molar-refractivity contribution in [1.29, 1.82) is 5.26 Å². The molecule has 1 aliphatic heterocycles. The van der Waals surface area contributed by atoms with Crippen LogP contribution in [0.4, 0.5) is 4.79 Å². The summed E-state index contributed by atoms with van der Waals surface area (Å²) >= 11 is 0. The summed E-state index contributed by atoms with van der Waals surface area (Å²) in [4.78, 5) is 34.6. The second-order valence-corrected chi connectivity index (χ2v) is 3.69. The van der Waals surface area contributed by atoms with Gasteiger partial charge in [-0.1, -0.05) is 0 Å². The molecule has 8 nitrogen and oxygen atoms in total. The smallest absolute Gasteiger partial charge is 0.302 e. The zero-order chi connectivity index (χ0) is 12.7. The van der Waals surface area contributed by atoms with Crippen molar-refractivity contribution in [3.8, 4) is 6.07 Å². The minimum Gasteiger partial charge on any atom is -0.302 e. The fourth-order valence-electron chi connectivity index (χ4n) is 1.56. The molecule has 86 valence electrons. The van der Waals surface area contributed by atoms with Crippen molar-refractivity contribution in [2.24, 2.45) is 0 Å². The molecule has 1 heterocycles. The molecule has 16 heavy (non-hydrogen) atoms. The third kappa shape index (κ3) is 1.29. The van der Waals surface area contributed by atoms with Crippen LogP contribution in [0.5, 0.6) is 0 Å². The van der Waals surface area contributed by atoms with Gasteiger partial charge < -0.3 is 4.90 Å². The van der Waals surface area contributed by atoms with Gasteiger partial charge in [0.05, 0.1) is 6.07 Å². The minimum absolute atomic E-state index is 0.645. The lowest BCUT2D eigenvalue weighted by atomic mass is 9.89. The van der Waals surface area contributed by atoms with E-state index in [-0.39, 0.29) is 0 Å². The lowest BCUT2D eigenvalue weighted by Crippen LogP contribution is -2.69. The number of amides is 3. The van der Waals surface area contributed by atoms with Crippen LogP contribution in [-0.4, -0.2) is 52.3 Å². The summed E-state index contributed by atoms with van der Waals surface area (Å²) in [5.74, 6) is -0.975. The summed E-state index contributed by atoms with van der Waals surface area (Å²) in [5, 5.41) is 19.7. The highest BCUT2D eigenvalue weighted by molar-refractivity contribution is 6.00. The van der Waals surface area contributed by atoms with Crippen LogP contribution in [0.2, 0.25) is 0 Å². The predicted octanol–water partition coefficient (Wildman–Crippen LogP) is -0.562. The molecule has 3 amide bonds. The number of imide groups is 1. The summed E-state index contributed by atoms with van der Waals surface area (Å²) in [5.41, 5.74) is -1.76. The molecule has 1 fully saturated rings. The van der Waals surface area contributed by atoms with Crippen molar-refractivity contribution in [2.75, 3.05) is 14.1 Å². The van der Waals surface area contributed by atoms with Crippen molar-refractivity contribution in [1.82, 2.24) is 9.80 Å². The number of carbonyl (C=O) groups excluding carboxylic acids is 2. The molecule has 2 atom stereocenters. The van der Waals surface area contributed by atoms with Gasteiger partial charge in [-0.2, -0.15) is 5.26 Å². The molecule has 1 aliphatic rings. The van der Waals surface area contributed by atoms with Gasteiger partial charge in [0, 0.05) is 19.0 Å². The molecule has 0 bridgehead atoms. The Bertz CT molecular complexity index is 415. The number of urea groups is 1. The SMILES string of the molecule is CN1C(=O)C([N+](=O)[O-])C(C)(C#N)N(C)C1=O. The molecule has 0 radical (unpaired) electrons.